The van der Waals surface area contributed by atoms with E-state index >= 15 is 0 Å². The number of nitrogens with one attached hydrogen (secondary N) is 2. The van der Waals surface area contributed by atoms with Crippen LogP contribution >= 0.6 is 35.3 Å². The maximum atomic E-state index is 13.1. The van der Waals surface area contributed by atoms with Gasteiger partial charge in [0.1, 0.15) is 5.82 Å². The Labute approximate surface area is 158 Å². The average Bonchev–Trinajstić information content (AvgIpc) is 3.05. The van der Waals surface area contributed by atoms with Crippen molar-refractivity contribution in [1.29, 1.82) is 0 Å². The van der Waals surface area contributed by atoms with E-state index in [1.807, 2.05) is 6.07 Å². The van der Waals surface area contributed by atoms with Crippen molar-refractivity contribution >= 4 is 41.3 Å². The molecule has 0 aliphatic carbocycles. The quantitative estimate of drug-likeness (QED) is 0.399. The Balaban J connectivity index is 0.00000264. The zero-order chi connectivity index (χ0) is 15.8. The van der Waals surface area contributed by atoms with Crippen LogP contribution in [0.4, 0.5) is 4.39 Å². The van der Waals surface area contributed by atoms with Crippen LogP contribution in [-0.4, -0.2) is 26.1 Å². The molecule has 1 heterocycles. The zero-order valence-corrected chi connectivity index (χ0v) is 16.5. The van der Waals surface area contributed by atoms with E-state index < -0.39 is 0 Å². The SMILES string of the molecule is CN=C(NCCc1cccc(F)c1)NCC(C)c1ccsc1.I. The molecule has 126 valence electrons. The molecule has 0 amide bonds. The smallest absolute Gasteiger partial charge is 0.191 e. The molecule has 6 heteroatoms. The fourth-order valence-electron chi connectivity index (χ4n) is 2.16. The second-order valence-corrected chi connectivity index (χ2v) is 6.00. The molecule has 2 N–H and O–H groups in total. The number of guanidine groups is 1. The van der Waals surface area contributed by atoms with Gasteiger partial charge in [0.15, 0.2) is 5.96 Å². The predicted molar refractivity (Wildman–Crippen MR) is 108 cm³/mol. The van der Waals surface area contributed by atoms with E-state index in [1.54, 1.807) is 30.5 Å². The van der Waals surface area contributed by atoms with E-state index in [0.29, 0.717) is 5.92 Å². The number of aliphatic imine (C=N–C) groups is 1. The summed E-state index contributed by atoms with van der Waals surface area (Å²) in [5.41, 5.74) is 2.32. The highest BCUT2D eigenvalue weighted by Crippen LogP contribution is 2.16. The maximum Gasteiger partial charge on any atom is 0.191 e. The molecule has 2 rings (SSSR count). The van der Waals surface area contributed by atoms with Crippen molar-refractivity contribution in [2.45, 2.75) is 19.3 Å². The van der Waals surface area contributed by atoms with Crippen molar-refractivity contribution in [1.82, 2.24) is 10.6 Å². The molecule has 0 aliphatic heterocycles. The Kier molecular flexibility index (Phi) is 9.16. The van der Waals surface area contributed by atoms with Gasteiger partial charge in [-0.1, -0.05) is 19.1 Å². The number of thiophene rings is 1. The number of hydrogen-bond donors (Lipinski definition) is 2. The van der Waals surface area contributed by atoms with Gasteiger partial charge in [-0.2, -0.15) is 11.3 Å². The van der Waals surface area contributed by atoms with Crippen LogP contribution in [0.3, 0.4) is 0 Å². The Morgan fingerprint density at radius 1 is 1.30 bits per heavy atom. The third kappa shape index (κ3) is 6.87. The molecular weight excluding hydrogens is 424 g/mol. The summed E-state index contributed by atoms with van der Waals surface area (Å²) in [4.78, 5) is 4.21. The molecule has 1 unspecified atom stereocenters. The van der Waals surface area contributed by atoms with Crippen molar-refractivity contribution in [2.24, 2.45) is 4.99 Å². The molecule has 0 aliphatic rings. The van der Waals surface area contributed by atoms with Crippen LogP contribution in [0.15, 0.2) is 46.1 Å². The largest absolute Gasteiger partial charge is 0.356 e. The molecule has 1 atom stereocenters. The molecular formula is C17H23FIN3S. The molecule has 3 nitrogen and oxygen atoms in total. The normalized spacial score (nSPS) is 12.4. The first-order chi connectivity index (χ1) is 10.7. The van der Waals surface area contributed by atoms with E-state index in [9.17, 15) is 4.39 Å². The maximum absolute atomic E-state index is 13.1. The first-order valence-electron chi connectivity index (χ1n) is 7.40. The lowest BCUT2D eigenvalue weighted by molar-refractivity contribution is 0.625. The predicted octanol–water partition coefficient (Wildman–Crippen LogP) is 4.02. The molecule has 0 radical (unpaired) electrons. The van der Waals surface area contributed by atoms with Gasteiger partial charge < -0.3 is 10.6 Å². The van der Waals surface area contributed by atoms with Crippen LogP contribution in [0.25, 0.3) is 0 Å². The Bertz CT molecular complexity index is 602. The number of nitrogens with zero attached hydrogens (tertiary/aromatic N) is 1. The van der Waals surface area contributed by atoms with Crippen LogP contribution in [-0.2, 0) is 6.42 Å². The van der Waals surface area contributed by atoms with E-state index in [1.165, 1.54) is 11.6 Å². The average molecular weight is 447 g/mol. The molecule has 0 fully saturated rings. The van der Waals surface area contributed by atoms with E-state index in [-0.39, 0.29) is 29.8 Å². The van der Waals surface area contributed by atoms with Gasteiger partial charge in [0.2, 0.25) is 0 Å². The highest BCUT2D eigenvalue weighted by atomic mass is 127. The summed E-state index contributed by atoms with van der Waals surface area (Å²) in [6.07, 6.45) is 0.762. The summed E-state index contributed by atoms with van der Waals surface area (Å²) >= 11 is 1.72. The van der Waals surface area contributed by atoms with E-state index in [0.717, 1.165) is 31.0 Å². The number of halogens is 2. The fourth-order valence-corrected chi connectivity index (χ4v) is 2.94. The van der Waals surface area contributed by atoms with Crippen molar-refractivity contribution in [2.75, 3.05) is 20.1 Å². The third-order valence-electron chi connectivity index (χ3n) is 3.51. The summed E-state index contributed by atoms with van der Waals surface area (Å²) in [5, 5.41) is 10.8. The second-order valence-electron chi connectivity index (χ2n) is 5.22. The standard InChI is InChI=1S/C17H22FN3S.HI/c1-13(15-7-9-22-12-15)11-21-17(19-2)20-8-6-14-4-3-5-16(18)10-14;/h3-5,7,9-10,12-13H,6,8,11H2,1-2H3,(H2,19,20,21);1H. The minimum atomic E-state index is -0.190. The lowest BCUT2D eigenvalue weighted by atomic mass is 10.1. The highest BCUT2D eigenvalue weighted by molar-refractivity contribution is 14.0. The molecule has 0 spiro atoms. The van der Waals surface area contributed by atoms with E-state index in [4.69, 9.17) is 0 Å². The van der Waals surface area contributed by atoms with Crippen LogP contribution in [0.2, 0.25) is 0 Å². The molecule has 23 heavy (non-hydrogen) atoms. The number of hydrogen-bond acceptors (Lipinski definition) is 2. The topological polar surface area (TPSA) is 36.4 Å². The van der Waals surface area contributed by atoms with Crippen LogP contribution in [0, 0.1) is 5.82 Å². The highest BCUT2D eigenvalue weighted by Gasteiger charge is 2.06. The molecule has 0 saturated carbocycles. The van der Waals surface area contributed by atoms with E-state index in [2.05, 4.69) is 39.4 Å². The van der Waals surface area contributed by atoms with Gasteiger partial charge in [-0.15, -0.1) is 24.0 Å². The first-order valence-corrected chi connectivity index (χ1v) is 8.34. The lowest BCUT2D eigenvalue weighted by Gasteiger charge is -2.15. The third-order valence-corrected chi connectivity index (χ3v) is 4.21. The summed E-state index contributed by atoms with van der Waals surface area (Å²) in [6.45, 7) is 3.74. The summed E-state index contributed by atoms with van der Waals surface area (Å²) in [7, 11) is 1.76. The Morgan fingerprint density at radius 3 is 2.78 bits per heavy atom. The first kappa shape index (κ1) is 19.9. The molecule has 1 aromatic heterocycles. The number of rotatable bonds is 6. The van der Waals surface area contributed by atoms with Gasteiger partial charge >= 0.3 is 0 Å². The van der Waals surface area contributed by atoms with Crippen molar-refractivity contribution in [3.05, 3.63) is 58.0 Å². The Hall–Kier alpha value is -1.15. The van der Waals surface area contributed by atoms with Gasteiger partial charge in [0.05, 0.1) is 0 Å². The summed E-state index contributed by atoms with van der Waals surface area (Å²) in [5.74, 6) is 1.02. The summed E-state index contributed by atoms with van der Waals surface area (Å²) in [6, 6.07) is 8.84. The number of benzene rings is 1. The molecule has 0 bridgehead atoms. The van der Waals surface area contributed by atoms with Crippen LogP contribution < -0.4 is 10.6 Å². The zero-order valence-electron chi connectivity index (χ0n) is 13.4. The van der Waals surface area contributed by atoms with Crippen molar-refractivity contribution in [3.63, 3.8) is 0 Å². The van der Waals surface area contributed by atoms with Gasteiger partial charge in [-0.05, 0) is 52.4 Å². The van der Waals surface area contributed by atoms with Crippen molar-refractivity contribution < 1.29 is 4.39 Å². The van der Waals surface area contributed by atoms with Gasteiger partial charge in [0, 0.05) is 20.1 Å². The van der Waals surface area contributed by atoms with Gasteiger partial charge in [0.25, 0.3) is 0 Å². The monoisotopic (exact) mass is 447 g/mol. The minimum Gasteiger partial charge on any atom is -0.356 e. The van der Waals surface area contributed by atoms with Gasteiger partial charge in [-0.25, -0.2) is 4.39 Å². The Morgan fingerprint density at radius 2 is 2.13 bits per heavy atom. The van der Waals surface area contributed by atoms with Gasteiger partial charge in [-0.3, -0.25) is 4.99 Å². The minimum absolute atomic E-state index is 0. The molecule has 1 aromatic carbocycles. The second kappa shape index (κ2) is 10.6. The van der Waals surface area contributed by atoms with Crippen LogP contribution in [0.1, 0.15) is 24.0 Å². The summed E-state index contributed by atoms with van der Waals surface area (Å²) < 4.78 is 13.1. The van der Waals surface area contributed by atoms with Crippen LogP contribution in [0.5, 0.6) is 0 Å². The lowest BCUT2D eigenvalue weighted by Crippen LogP contribution is -2.39. The molecule has 0 saturated heterocycles. The van der Waals surface area contributed by atoms with Crippen molar-refractivity contribution in [3.8, 4) is 0 Å². The fraction of sp³-hybridized carbons (Fsp3) is 0.353. The molecule has 2 aromatic rings.